The van der Waals surface area contributed by atoms with Gasteiger partial charge in [0.2, 0.25) is 5.50 Å². The van der Waals surface area contributed by atoms with Crippen molar-refractivity contribution in [2.45, 2.75) is 23.3 Å². The zero-order valence-electron chi connectivity index (χ0n) is 16.1. The molecule has 0 saturated carbocycles. The van der Waals surface area contributed by atoms with Crippen molar-refractivity contribution in [3.63, 3.8) is 0 Å². The average molecular weight is 471 g/mol. The van der Waals surface area contributed by atoms with Crippen molar-refractivity contribution in [3.05, 3.63) is 30.3 Å². The lowest BCUT2D eigenvalue weighted by atomic mass is 10.1. The summed E-state index contributed by atoms with van der Waals surface area (Å²) in [7, 11) is 0. The van der Waals surface area contributed by atoms with Crippen molar-refractivity contribution in [3.8, 4) is 5.75 Å². The maximum Gasteiger partial charge on any atom is 0.342 e. The zero-order chi connectivity index (χ0) is 22.5. The van der Waals surface area contributed by atoms with E-state index in [1.54, 1.807) is 30.3 Å². The van der Waals surface area contributed by atoms with Crippen LogP contribution in [0.3, 0.4) is 0 Å². The van der Waals surface area contributed by atoms with Crippen LogP contribution in [0, 0.1) is 5.92 Å². The Morgan fingerprint density at radius 2 is 2.00 bits per heavy atom. The summed E-state index contributed by atoms with van der Waals surface area (Å²) < 4.78 is 10.1. The molecule has 0 radical (unpaired) electrons. The molecule has 2 unspecified atom stereocenters. The number of hydrogen-bond acceptors (Lipinski definition) is 8. The van der Waals surface area contributed by atoms with E-state index in [0.717, 1.165) is 16.7 Å². The van der Waals surface area contributed by atoms with Gasteiger partial charge < -0.3 is 19.9 Å². The second kappa shape index (κ2) is 10.0. The molecule has 0 aliphatic carbocycles. The van der Waals surface area contributed by atoms with Gasteiger partial charge in [0.1, 0.15) is 29.6 Å². The average Bonchev–Trinajstić information content (AvgIpc) is 3.19. The summed E-state index contributed by atoms with van der Waals surface area (Å²) in [5, 5.41) is 10.8. The minimum absolute atomic E-state index is 0.00418. The first-order valence-electron chi connectivity index (χ1n) is 9.24. The largest absolute Gasteiger partial charge is 0.484 e. The van der Waals surface area contributed by atoms with Gasteiger partial charge in [0.25, 0.3) is 11.8 Å². The van der Waals surface area contributed by atoms with Crippen LogP contribution in [0.25, 0.3) is 0 Å². The summed E-state index contributed by atoms with van der Waals surface area (Å²) in [5.41, 5.74) is -1.65. The van der Waals surface area contributed by atoms with E-state index in [4.69, 9.17) is 26.2 Å². The highest BCUT2D eigenvalue weighted by atomic mass is 35.5. The molecule has 10 nitrogen and oxygen atoms in total. The molecule has 2 heterocycles. The van der Waals surface area contributed by atoms with Gasteiger partial charge >= 0.3 is 11.9 Å². The van der Waals surface area contributed by atoms with Crippen LogP contribution in [0.15, 0.2) is 30.3 Å². The Morgan fingerprint density at radius 1 is 1.29 bits per heavy atom. The number of esters is 1. The number of nitrogens with one attached hydrogen (secondary N) is 1. The van der Waals surface area contributed by atoms with Gasteiger partial charge in [-0.05, 0) is 12.1 Å². The van der Waals surface area contributed by atoms with E-state index >= 15 is 0 Å². The third-order valence-electron chi connectivity index (χ3n) is 4.67. The molecule has 0 bridgehead atoms. The van der Waals surface area contributed by atoms with Crippen molar-refractivity contribution < 1.29 is 38.6 Å². The van der Waals surface area contributed by atoms with Crippen molar-refractivity contribution >= 4 is 52.9 Å². The van der Waals surface area contributed by atoms with Gasteiger partial charge in [-0.1, -0.05) is 29.8 Å². The molecule has 2 N–H and O–H groups in total. The fraction of sp³-hybridized carbons (Fsp3) is 0.421. The number of hydrogen-bond donors (Lipinski definition) is 2. The first kappa shape index (κ1) is 22.9. The molecule has 3 rings (SSSR count). The van der Waals surface area contributed by atoms with Crippen LogP contribution < -0.4 is 10.1 Å². The Kier molecular flexibility index (Phi) is 7.39. The van der Waals surface area contributed by atoms with Crippen LogP contribution in [0.2, 0.25) is 0 Å². The number of likely N-dealkylation sites (tertiary alicyclic amines) is 1. The molecule has 31 heavy (non-hydrogen) atoms. The van der Waals surface area contributed by atoms with E-state index < -0.39 is 46.6 Å². The van der Waals surface area contributed by atoms with Crippen LogP contribution >= 0.6 is 23.4 Å². The first-order chi connectivity index (χ1) is 14.8. The lowest BCUT2D eigenvalue weighted by Gasteiger charge is -2.47. The van der Waals surface area contributed by atoms with E-state index in [-0.39, 0.29) is 31.2 Å². The summed E-state index contributed by atoms with van der Waals surface area (Å²) in [6.07, 6.45) is -0.0169. The Morgan fingerprint density at radius 3 is 2.61 bits per heavy atom. The Balaban J connectivity index is 1.59. The fourth-order valence-corrected chi connectivity index (χ4v) is 4.66. The van der Waals surface area contributed by atoms with E-state index in [0.29, 0.717) is 5.75 Å². The predicted molar refractivity (Wildman–Crippen MR) is 108 cm³/mol. The van der Waals surface area contributed by atoms with Crippen molar-refractivity contribution in [2.24, 2.45) is 5.92 Å². The smallest absolute Gasteiger partial charge is 0.342 e. The monoisotopic (exact) mass is 470 g/mol. The van der Waals surface area contributed by atoms with E-state index in [2.05, 4.69) is 5.32 Å². The minimum Gasteiger partial charge on any atom is -0.484 e. The number of nitrogens with zero attached hydrogens (tertiary/aromatic N) is 1. The molecule has 2 aliphatic heterocycles. The summed E-state index contributed by atoms with van der Waals surface area (Å²) in [4.78, 5) is 60.3. The second-order valence-electron chi connectivity index (χ2n) is 6.82. The normalized spacial score (nSPS) is 23.5. The number of benzene rings is 1. The van der Waals surface area contributed by atoms with Gasteiger partial charge in [-0.2, -0.15) is 0 Å². The number of carboxylic acids is 1. The number of halogens is 1. The van der Waals surface area contributed by atoms with Gasteiger partial charge in [0.05, 0.1) is 18.1 Å². The van der Waals surface area contributed by atoms with E-state index in [9.17, 15) is 24.0 Å². The molecule has 0 spiro atoms. The van der Waals surface area contributed by atoms with Crippen LogP contribution in [0.4, 0.5) is 0 Å². The number of carbonyl (C=O) groups excluding carboxylic acids is 4. The van der Waals surface area contributed by atoms with E-state index in [1.165, 1.54) is 0 Å². The summed E-state index contributed by atoms with van der Waals surface area (Å²) in [6.45, 7) is -0.356. The number of β-lactam (4-membered cyclic amide) rings is 1. The lowest BCUT2D eigenvalue weighted by molar-refractivity contribution is -0.157. The molecule has 2 aliphatic rings. The van der Waals surface area contributed by atoms with Gasteiger partial charge in [0, 0.05) is 0 Å². The predicted octanol–water partition coefficient (Wildman–Crippen LogP) is 0.233. The summed E-state index contributed by atoms with van der Waals surface area (Å²) >= 11 is 6.78. The van der Waals surface area contributed by atoms with Crippen molar-refractivity contribution in [1.29, 1.82) is 0 Å². The van der Waals surface area contributed by atoms with Gasteiger partial charge in [-0.15, -0.1) is 11.8 Å². The Labute approximate surface area is 186 Å². The SMILES string of the molecule is O=C(COc1ccccc1)N[C@@H]1C(=O)N(C(Cl)C(=O)O)[C@@H]1SCC(=O)C1COC(=O)C1. The highest BCUT2D eigenvalue weighted by Gasteiger charge is 2.53. The molecule has 4 atom stereocenters. The summed E-state index contributed by atoms with van der Waals surface area (Å²) in [5.74, 6) is -3.65. The van der Waals surface area contributed by atoms with Crippen LogP contribution in [0.5, 0.6) is 5.75 Å². The molecule has 2 fully saturated rings. The maximum atomic E-state index is 12.4. The van der Waals surface area contributed by atoms with Crippen LogP contribution in [0.1, 0.15) is 6.42 Å². The molecular formula is C19H19ClN2O8S. The standard InChI is InChI=1S/C19H19ClN2O8S/c20-16(19(27)28)22-17(26)15(21-13(24)8-29-11-4-2-1-3-5-11)18(22)31-9-12(23)10-6-14(25)30-7-10/h1-5,10,15-16,18H,6-9H2,(H,21,24)(H,27,28)/t10?,15-,16?,18-/m1/s1. The third kappa shape index (κ3) is 5.47. The van der Waals surface area contributed by atoms with Crippen LogP contribution in [-0.2, 0) is 28.7 Å². The topological polar surface area (TPSA) is 139 Å². The van der Waals surface area contributed by atoms with Gasteiger partial charge in [-0.25, -0.2) is 4.79 Å². The number of carbonyl (C=O) groups is 5. The van der Waals surface area contributed by atoms with E-state index in [1.807, 2.05) is 0 Å². The lowest BCUT2D eigenvalue weighted by Crippen LogP contribution is -2.72. The first-order valence-corrected chi connectivity index (χ1v) is 10.7. The maximum absolute atomic E-state index is 12.4. The molecule has 2 saturated heterocycles. The number of ketones is 1. The number of carboxylic acid groups (broad SMARTS) is 1. The number of amides is 2. The minimum atomic E-state index is -1.65. The fourth-order valence-electron chi connectivity index (χ4n) is 3.04. The van der Waals surface area contributed by atoms with Crippen molar-refractivity contribution in [1.82, 2.24) is 10.2 Å². The second-order valence-corrected chi connectivity index (χ2v) is 8.34. The number of Topliss-reactive ketones (excluding diaryl/α,β-unsaturated/α-hetero) is 1. The number of thioether (sulfide) groups is 1. The highest BCUT2D eigenvalue weighted by Crippen LogP contribution is 2.34. The third-order valence-corrected chi connectivity index (χ3v) is 6.36. The number of aliphatic carboxylic acids is 1. The molecular weight excluding hydrogens is 452 g/mol. The number of cyclic esters (lactones) is 1. The molecule has 12 heteroatoms. The Bertz CT molecular complexity index is 883. The van der Waals surface area contributed by atoms with Crippen LogP contribution in [-0.4, -0.2) is 75.4 Å². The Hall–Kier alpha value is -2.79. The molecule has 1 aromatic carbocycles. The number of alkyl halides is 1. The summed E-state index contributed by atoms with van der Waals surface area (Å²) in [6, 6.07) is 7.52. The molecule has 2 amide bonds. The number of ether oxygens (including phenoxy) is 2. The quantitative estimate of drug-likeness (QED) is 0.213. The zero-order valence-corrected chi connectivity index (χ0v) is 17.6. The van der Waals surface area contributed by atoms with Gasteiger partial charge in [-0.3, -0.25) is 24.1 Å². The highest BCUT2D eigenvalue weighted by molar-refractivity contribution is 8.00. The molecule has 0 aromatic heterocycles. The number of rotatable bonds is 10. The van der Waals surface area contributed by atoms with Crippen molar-refractivity contribution in [2.75, 3.05) is 19.0 Å². The molecule has 1 aromatic rings. The van der Waals surface area contributed by atoms with Gasteiger partial charge in [0.15, 0.2) is 6.61 Å². The molecule has 166 valence electrons. The number of para-hydroxylation sites is 1.